The van der Waals surface area contributed by atoms with Crippen LogP contribution in [-0.2, 0) is 10.0 Å². The van der Waals surface area contributed by atoms with Gasteiger partial charge in [0, 0.05) is 0 Å². The molecule has 30 heavy (non-hydrogen) atoms. The summed E-state index contributed by atoms with van der Waals surface area (Å²) in [4.78, 5) is 0.230. The molecule has 0 bridgehead atoms. The molecule has 0 spiro atoms. The van der Waals surface area contributed by atoms with Gasteiger partial charge in [-0.1, -0.05) is 66.2 Å². The molecule has 0 saturated carbocycles. The molecular weight excluding hydrogens is 394 g/mol. The molecule has 0 saturated heterocycles. The summed E-state index contributed by atoms with van der Waals surface area (Å²) in [6.07, 6.45) is 0. The maximum absolute atomic E-state index is 13.0. The Balaban J connectivity index is 1.80. The summed E-state index contributed by atoms with van der Waals surface area (Å²) in [5, 5.41) is 0. The van der Waals surface area contributed by atoms with E-state index in [1.165, 1.54) is 0 Å². The van der Waals surface area contributed by atoms with Crippen LogP contribution in [-0.4, -0.2) is 8.42 Å². The number of hydrogen-bond donors (Lipinski definition) is 1. The lowest BCUT2D eigenvalue weighted by Gasteiger charge is -2.20. The van der Waals surface area contributed by atoms with Crippen molar-refractivity contribution in [1.29, 1.82) is 0 Å². The lowest BCUT2D eigenvalue weighted by atomic mass is 9.88. The highest BCUT2D eigenvalue weighted by Gasteiger charge is 2.24. The van der Waals surface area contributed by atoms with Crippen LogP contribution in [0.5, 0.6) is 0 Å². The Morgan fingerprint density at radius 2 is 1.43 bits per heavy atom. The molecule has 0 unspecified atom stereocenters. The summed E-state index contributed by atoms with van der Waals surface area (Å²) in [6.45, 7) is 3.83. The molecule has 3 aromatic carbocycles. The van der Waals surface area contributed by atoms with Crippen molar-refractivity contribution in [2.75, 3.05) is 4.72 Å². The van der Waals surface area contributed by atoms with Crippen LogP contribution in [0.25, 0.3) is 0 Å². The van der Waals surface area contributed by atoms with E-state index in [0.717, 1.165) is 28.2 Å². The van der Waals surface area contributed by atoms with Crippen molar-refractivity contribution in [2.45, 2.75) is 24.7 Å². The quantitative estimate of drug-likeness (QED) is 0.426. The van der Waals surface area contributed by atoms with Crippen molar-refractivity contribution >= 4 is 15.7 Å². The van der Waals surface area contributed by atoms with E-state index in [9.17, 15) is 8.42 Å². The third-order valence-corrected chi connectivity index (χ3v) is 6.41. The normalized spacial score (nSPS) is 12.5. The maximum atomic E-state index is 13.0. The minimum atomic E-state index is -3.73. The Hall–Kier alpha value is -3.31. The second kappa shape index (κ2) is 8.20. The van der Waals surface area contributed by atoms with Gasteiger partial charge in [0.15, 0.2) is 0 Å². The van der Waals surface area contributed by atoms with Crippen LogP contribution in [0.1, 0.15) is 34.1 Å². The Labute approximate surface area is 177 Å². The van der Waals surface area contributed by atoms with E-state index in [0.29, 0.717) is 5.69 Å². The molecule has 4 nitrogen and oxygen atoms in total. The zero-order chi connectivity index (χ0) is 21.1. The van der Waals surface area contributed by atoms with Crippen molar-refractivity contribution < 1.29 is 12.8 Å². The molecule has 1 aromatic heterocycles. The second-order valence-corrected chi connectivity index (χ2v) is 8.98. The monoisotopic (exact) mass is 417 g/mol. The van der Waals surface area contributed by atoms with E-state index >= 15 is 0 Å². The number of sulfonamides is 1. The second-order valence-electron chi connectivity index (χ2n) is 7.30. The van der Waals surface area contributed by atoms with E-state index in [4.69, 9.17) is 4.42 Å². The van der Waals surface area contributed by atoms with Crippen molar-refractivity contribution in [2.24, 2.45) is 0 Å². The summed E-state index contributed by atoms with van der Waals surface area (Å²) >= 11 is 0. The molecule has 4 aromatic rings. The standard InChI is InChI=1S/C25H23NO3S/c1-18-12-15-21(16-13-18)30(27,28)26-23-11-7-6-10-22(23)25(20-8-4-3-5-9-20)24-17-14-19(2)29-24/h3-17,25-26H,1-2H3/t25-/m1/s1. The molecule has 0 aliphatic carbocycles. The Morgan fingerprint density at radius 3 is 2.10 bits per heavy atom. The molecule has 152 valence electrons. The van der Waals surface area contributed by atoms with Gasteiger partial charge in [0.2, 0.25) is 0 Å². The van der Waals surface area contributed by atoms with Gasteiger partial charge in [-0.3, -0.25) is 4.72 Å². The van der Waals surface area contributed by atoms with Gasteiger partial charge in [-0.25, -0.2) is 8.42 Å². The predicted molar refractivity (Wildman–Crippen MR) is 119 cm³/mol. The first-order valence-electron chi connectivity index (χ1n) is 9.74. The minimum Gasteiger partial charge on any atom is -0.465 e. The van der Waals surface area contributed by atoms with Gasteiger partial charge in [-0.2, -0.15) is 0 Å². The van der Waals surface area contributed by atoms with Gasteiger partial charge in [-0.15, -0.1) is 0 Å². The molecule has 0 aliphatic heterocycles. The van der Waals surface area contributed by atoms with E-state index in [2.05, 4.69) is 4.72 Å². The summed E-state index contributed by atoms with van der Waals surface area (Å²) in [6, 6.07) is 28.1. The van der Waals surface area contributed by atoms with E-state index < -0.39 is 10.0 Å². The maximum Gasteiger partial charge on any atom is 0.261 e. The van der Waals surface area contributed by atoms with E-state index in [1.807, 2.05) is 74.5 Å². The summed E-state index contributed by atoms with van der Waals surface area (Å²) in [7, 11) is -3.73. The zero-order valence-corrected chi connectivity index (χ0v) is 17.7. The third-order valence-electron chi connectivity index (χ3n) is 5.03. The number of aryl methyl sites for hydroxylation is 2. The lowest BCUT2D eigenvalue weighted by molar-refractivity contribution is 0.478. The highest BCUT2D eigenvalue weighted by Crippen LogP contribution is 2.37. The first-order chi connectivity index (χ1) is 14.4. The Bertz CT molecular complexity index is 1240. The average molecular weight is 418 g/mol. The Kier molecular flexibility index (Phi) is 5.46. The molecular formula is C25H23NO3S. The van der Waals surface area contributed by atoms with Gasteiger partial charge in [0.25, 0.3) is 10.0 Å². The van der Waals surface area contributed by atoms with Crippen molar-refractivity contribution in [3.8, 4) is 0 Å². The van der Waals surface area contributed by atoms with E-state index in [-0.39, 0.29) is 10.8 Å². The van der Waals surface area contributed by atoms with Crippen LogP contribution in [0, 0.1) is 13.8 Å². The van der Waals surface area contributed by atoms with Gasteiger partial charge in [-0.05, 0) is 55.3 Å². The van der Waals surface area contributed by atoms with Gasteiger partial charge >= 0.3 is 0 Å². The SMILES string of the molecule is Cc1ccc(S(=O)(=O)Nc2ccccc2[C@@H](c2ccccc2)c2ccc(C)o2)cc1. The number of hydrogen-bond acceptors (Lipinski definition) is 3. The summed E-state index contributed by atoms with van der Waals surface area (Å²) in [5.74, 6) is 1.33. The topological polar surface area (TPSA) is 59.3 Å². The number of furan rings is 1. The van der Waals surface area contributed by atoms with Crippen LogP contribution >= 0.6 is 0 Å². The van der Waals surface area contributed by atoms with E-state index in [1.54, 1.807) is 30.3 Å². The first kappa shape index (κ1) is 20.0. The molecule has 4 rings (SSSR count). The van der Waals surface area contributed by atoms with Crippen molar-refractivity contribution in [1.82, 2.24) is 0 Å². The minimum absolute atomic E-state index is 0.230. The fourth-order valence-electron chi connectivity index (χ4n) is 3.51. The number of rotatable bonds is 6. The molecule has 0 radical (unpaired) electrons. The zero-order valence-electron chi connectivity index (χ0n) is 16.9. The van der Waals surface area contributed by atoms with Crippen LogP contribution in [0.15, 0.2) is 100 Å². The number of anilines is 1. The smallest absolute Gasteiger partial charge is 0.261 e. The van der Waals surface area contributed by atoms with Crippen LogP contribution in [0.4, 0.5) is 5.69 Å². The van der Waals surface area contributed by atoms with Crippen molar-refractivity contribution in [3.63, 3.8) is 0 Å². The highest BCUT2D eigenvalue weighted by atomic mass is 32.2. The number of nitrogens with one attached hydrogen (secondary N) is 1. The fraction of sp³-hybridized carbons (Fsp3) is 0.120. The number of benzene rings is 3. The Morgan fingerprint density at radius 1 is 0.767 bits per heavy atom. The largest absolute Gasteiger partial charge is 0.465 e. The molecule has 1 atom stereocenters. The molecule has 1 heterocycles. The fourth-order valence-corrected chi connectivity index (χ4v) is 4.60. The first-order valence-corrected chi connectivity index (χ1v) is 11.2. The molecule has 1 N–H and O–H groups in total. The van der Waals surface area contributed by atoms with Gasteiger partial charge in [0.05, 0.1) is 16.5 Å². The molecule has 0 aliphatic rings. The average Bonchev–Trinajstić information content (AvgIpc) is 3.16. The van der Waals surface area contributed by atoms with Crippen LogP contribution in [0.2, 0.25) is 0 Å². The lowest BCUT2D eigenvalue weighted by Crippen LogP contribution is -2.15. The molecule has 0 fully saturated rings. The summed E-state index contributed by atoms with van der Waals surface area (Å²) < 4.78 is 34.8. The van der Waals surface area contributed by atoms with Gasteiger partial charge < -0.3 is 4.42 Å². The highest BCUT2D eigenvalue weighted by molar-refractivity contribution is 7.92. The summed E-state index contributed by atoms with van der Waals surface area (Å²) in [5.41, 5.74) is 3.38. The molecule has 5 heteroatoms. The van der Waals surface area contributed by atoms with Crippen LogP contribution < -0.4 is 4.72 Å². The third kappa shape index (κ3) is 4.16. The van der Waals surface area contributed by atoms with Crippen molar-refractivity contribution in [3.05, 3.63) is 119 Å². The predicted octanol–water partition coefficient (Wildman–Crippen LogP) is 5.88. The number of para-hydroxylation sites is 1. The van der Waals surface area contributed by atoms with Gasteiger partial charge in [0.1, 0.15) is 11.5 Å². The molecule has 0 amide bonds. The van der Waals surface area contributed by atoms with Crippen LogP contribution in [0.3, 0.4) is 0 Å².